The lowest BCUT2D eigenvalue weighted by molar-refractivity contribution is -0.117. The second kappa shape index (κ2) is 6.79. The summed E-state index contributed by atoms with van der Waals surface area (Å²) >= 11 is 0. The predicted molar refractivity (Wildman–Crippen MR) is 90.2 cm³/mol. The summed E-state index contributed by atoms with van der Waals surface area (Å²) in [5.41, 5.74) is 0.665. The molecule has 3 atom stereocenters. The number of hydrogen-bond acceptors (Lipinski definition) is 2. The van der Waals surface area contributed by atoms with Gasteiger partial charge in [-0.3, -0.25) is 4.79 Å². The number of hydrogen-bond donors (Lipinski definition) is 1. The van der Waals surface area contributed by atoms with E-state index in [0.717, 1.165) is 19.5 Å². The topological polar surface area (TPSA) is 52.7 Å². The summed E-state index contributed by atoms with van der Waals surface area (Å²) in [4.78, 5) is 28.1. The van der Waals surface area contributed by atoms with Crippen LogP contribution in [-0.4, -0.2) is 42.5 Å². The second-order valence-corrected chi connectivity index (χ2v) is 7.18. The number of carbonyl (C=O) groups excluding carboxylic acids is 2. The van der Waals surface area contributed by atoms with Crippen LogP contribution < -0.4 is 10.2 Å². The van der Waals surface area contributed by atoms with Crippen molar-refractivity contribution < 1.29 is 14.0 Å². The van der Waals surface area contributed by atoms with E-state index >= 15 is 0 Å². The van der Waals surface area contributed by atoms with E-state index in [9.17, 15) is 14.0 Å². The predicted octanol–water partition coefficient (Wildman–Crippen LogP) is 2.62. The molecule has 6 heteroatoms. The molecule has 2 saturated heterocycles. The van der Waals surface area contributed by atoms with Gasteiger partial charge in [-0.1, -0.05) is 13.8 Å². The minimum absolute atomic E-state index is 0.0488. The molecule has 2 aliphatic rings. The molecular weight excluding hydrogens is 309 g/mol. The summed E-state index contributed by atoms with van der Waals surface area (Å²) in [5, 5.41) is 2.98. The zero-order chi connectivity index (χ0) is 17.3. The molecule has 0 bridgehead atoms. The third kappa shape index (κ3) is 3.68. The minimum atomic E-state index is -0.330. The van der Waals surface area contributed by atoms with Crippen LogP contribution in [0.3, 0.4) is 0 Å². The Morgan fingerprint density at radius 3 is 2.38 bits per heavy atom. The molecule has 3 amide bonds. The monoisotopic (exact) mass is 333 g/mol. The van der Waals surface area contributed by atoms with E-state index in [1.54, 1.807) is 17.0 Å². The van der Waals surface area contributed by atoms with Gasteiger partial charge in [-0.2, -0.15) is 0 Å². The van der Waals surface area contributed by atoms with E-state index < -0.39 is 0 Å². The summed E-state index contributed by atoms with van der Waals surface area (Å²) in [7, 11) is 0. The van der Waals surface area contributed by atoms with E-state index in [4.69, 9.17) is 0 Å². The van der Waals surface area contributed by atoms with E-state index in [-0.39, 0.29) is 30.2 Å². The molecule has 1 aromatic carbocycles. The van der Waals surface area contributed by atoms with Gasteiger partial charge in [0.25, 0.3) is 0 Å². The summed E-state index contributed by atoms with van der Waals surface area (Å²) in [5.74, 6) is 0.622. The van der Waals surface area contributed by atoms with Crippen molar-refractivity contribution >= 4 is 17.6 Å². The quantitative estimate of drug-likeness (QED) is 0.904. The van der Waals surface area contributed by atoms with E-state index in [0.29, 0.717) is 24.1 Å². The van der Waals surface area contributed by atoms with Crippen molar-refractivity contribution in [2.45, 2.75) is 32.7 Å². The third-order valence-electron chi connectivity index (χ3n) is 4.75. The number of anilines is 1. The minimum Gasteiger partial charge on any atom is -0.333 e. The van der Waals surface area contributed by atoms with Gasteiger partial charge in [0.1, 0.15) is 5.82 Å². The van der Waals surface area contributed by atoms with Crippen molar-refractivity contribution in [3.8, 4) is 0 Å². The summed E-state index contributed by atoms with van der Waals surface area (Å²) in [6, 6.07) is 5.56. The fourth-order valence-electron chi connectivity index (χ4n) is 3.77. The van der Waals surface area contributed by atoms with Crippen molar-refractivity contribution in [3.05, 3.63) is 30.1 Å². The largest absolute Gasteiger partial charge is 0.333 e. The molecule has 0 saturated carbocycles. The molecule has 1 N–H and O–H groups in total. The Bertz CT molecular complexity index is 609. The molecule has 0 aromatic heterocycles. The number of urea groups is 1. The average Bonchev–Trinajstić information content (AvgIpc) is 2.87. The SMILES string of the molecule is CC1CC(C)CN(C(=O)NC2CC(=O)N(c3ccc(F)cc3)C2)C1. The summed E-state index contributed by atoms with van der Waals surface area (Å²) < 4.78 is 13.0. The molecule has 130 valence electrons. The lowest BCUT2D eigenvalue weighted by Gasteiger charge is -2.35. The highest BCUT2D eigenvalue weighted by Crippen LogP contribution is 2.23. The van der Waals surface area contributed by atoms with Crippen LogP contribution in [-0.2, 0) is 4.79 Å². The number of likely N-dealkylation sites (tertiary alicyclic amines) is 1. The highest BCUT2D eigenvalue weighted by Gasteiger charge is 2.33. The van der Waals surface area contributed by atoms with E-state index in [1.807, 2.05) is 4.90 Å². The van der Waals surface area contributed by atoms with Crippen molar-refractivity contribution in [2.24, 2.45) is 11.8 Å². The maximum atomic E-state index is 13.0. The Morgan fingerprint density at radius 2 is 1.75 bits per heavy atom. The van der Waals surface area contributed by atoms with Gasteiger partial charge in [-0.25, -0.2) is 9.18 Å². The fourth-order valence-corrected chi connectivity index (χ4v) is 3.77. The number of rotatable bonds is 2. The van der Waals surface area contributed by atoms with Crippen LogP contribution in [0.5, 0.6) is 0 Å². The molecule has 0 spiro atoms. The first-order chi connectivity index (χ1) is 11.4. The van der Waals surface area contributed by atoms with Crippen molar-refractivity contribution in [1.29, 1.82) is 0 Å². The number of piperidine rings is 1. The Hall–Kier alpha value is -2.11. The van der Waals surface area contributed by atoms with Crippen LogP contribution in [0.25, 0.3) is 0 Å². The molecule has 2 heterocycles. The Kier molecular flexibility index (Phi) is 4.73. The highest BCUT2D eigenvalue weighted by molar-refractivity contribution is 5.96. The molecule has 0 aliphatic carbocycles. The first-order valence-corrected chi connectivity index (χ1v) is 8.53. The zero-order valence-corrected chi connectivity index (χ0v) is 14.2. The number of carbonyl (C=O) groups is 2. The summed E-state index contributed by atoms with van der Waals surface area (Å²) in [6.07, 6.45) is 1.42. The molecule has 3 rings (SSSR count). The first kappa shape index (κ1) is 16.7. The first-order valence-electron chi connectivity index (χ1n) is 8.53. The number of nitrogens with zero attached hydrogens (tertiary/aromatic N) is 2. The maximum absolute atomic E-state index is 13.0. The molecule has 1 aromatic rings. The molecular formula is C18H24FN3O2. The van der Waals surface area contributed by atoms with Crippen molar-refractivity contribution in [1.82, 2.24) is 10.2 Å². The molecule has 0 radical (unpaired) electrons. The smallest absolute Gasteiger partial charge is 0.317 e. The van der Waals surface area contributed by atoms with Gasteiger partial charge in [0.05, 0.1) is 6.04 Å². The van der Waals surface area contributed by atoms with Gasteiger partial charge in [-0.05, 0) is 42.5 Å². The van der Waals surface area contributed by atoms with Crippen molar-refractivity contribution in [3.63, 3.8) is 0 Å². The van der Waals surface area contributed by atoms with Crippen LogP contribution in [0, 0.1) is 17.7 Å². The molecule has 3 unspecified atom stereocenters. The number of halogens is 1. The van der Waals surface area contributed by atoms with Gasteiger partial charge >= 0.3 is 6.03 Å². The van der Waals surface area contributed by atoms with Gasteiger partial charge in [-0.15, -0.1) is 0 Å². The van der Waals surface area contributed by atoms with Crippen LogP contribution in [0.1, 0.15) is 26.7 Å². The highest BCUT2D eigenvalue weighted by atomic mass is 19.1. The standard InChI is InChI=1S/C18H24FN3O2/c1-12-7-13(2)10-21(9-12)18(24)20-15-8-17(23)22(11-15)16-5-3-14(19)4-6-16/h3-6,12-13,15H,7-11H2,1-2H3,(H,20,24). The molecule has 2 aliphatic heterocycles. The Balaban J connectivity index is 1.59. The van der Waals surface area contributed by atoms with Crippen LogP contribution in [0.2, 0.25) is 0 Å². The lowest BCUT2D eigenvalue weighted by atomic mass is 9.92. The van der Waals surface area contributed by atoms with Gasteiger partial charge in [0.15, 0.2) is 0 Å². The number of nitrogens with one attached hydrogen (secondary N) is 1. The van der Waals surface area contributed by atoms with E-state index in [2.05, 4.69) is 19.2 Å². The maximum Gasteiger partial charge on any atom is 0.317 e. The Morgan fingerprint density at radius 1 is 1.12 bits per heavy atom. The number of benzene rings is 1. The number of amides is 3. The zero-order valence-electron chi connectivity index (χ0n) is 14.2. The average molecular weight is 333 g/mol. The second-order valence-electron chi connectivity index (χ2n) is 7.18. The summed E-state index contributed by atoms with van der Waals surface area (Å²) in [6.45, 7) is 6.27. The fraction of sp³-hybridized carbons (Fsp3) is 0.556. The lowest BCUT2D eigenvalue weighted by Crippen LogP contribution is -2.50. The Labute approximate surface area is 141 Å². The van der Waals surface area contributed by atoms with Crippen LogP contribution in [0.15, 0.2) is 24.3 Å². The van der Waals surface area contributed by atoms with E-state index in [1.165, 1.54) is 12.1 Å². The molecule has 2 fully saturated rings. The molecule has 24 heavy (non-hydrogen) atoms. The van der Waals surface area contributed by atoms with Crippen molar-refractivity contribution in [2.75, 3.05) is 24.5 Å². The normalized spacial score (nSPS) is 27.5. The third-order valence-corrected chi connectivity index (χ3v) is 4.75. The van der Waals surface area contributed by atoms with Gasteiger partial charge < -0.3 is 15.1 Å². The van der Waals surface area contributed by atoms with Crippen LogP contribution in [0.4, 0.5) is 14.9 Å². The van der Waals surface area contributed by atoms with Gasteiger partial charge in [0, 0.05) is 31.7 Å². The van der Waals surface area contributed by atoms with Gasteiger partial charge in [0.2, 0.25) is 5.91 Å². The van der Waals surface area contributed by atoms with Crippen LogP contribution >= 0.6 is 0 Å². The molecule has 5 nitrogen and oxygen atoms in total.